The summed E-state index contributed by atoms with van der Waals surface area (Å²) in [5.74, 6) is 0. The Morgan fingerprint density at radius 1 is 1.53 bits per heavy atom. The molecule has 2 amide bonds. The van der Waals surface area contributed by atoms with Gasteiger partial charge in [-0.15, -0.1) is 0 Å². The van der Waals surface area contributed by atoms with Gasteiger partial charge in [-0.05, 0) is 18.6 Å². The fourth-order valence-corrected chi connectivity index (χ4v) is 2.65. The highest BCUT2D eigenvalue weighted by Gasteiger charge is 2.29. The first kappa shape index (κ1) is 13.9. The number of nitrogens with one attached hydrogen (secondary N) is 1. The Bertz CT molecular complexity index is 417. The zero-order chi connectivity index (χ0) is 13.7. The number of nitrogens with zero attached hydrogens (tertiary/aromatic N) is 2. The van der Waals surface area contributed by atoms with Crippen molar-refractivity contribution in [2.75, 3.05) is 26.8 Å². The van der Waals surface area contributed by atoms with Crippen molar-refractivity contribution in [3.05, 3.63) is 24.0 Å². The molecule has 1 aliphatic rings. The van der Waals surface area contributed by atoms with Crippen LogP contribution < -0.4 is 5.32 Å². The summed E-state index contributed by atoms with van der Waals surface area (Å²) >= 11 is 0. The first-order chi connectivity index (χ1) is 9.27. The van der Waals surface area contributed by atoms with Gasteiger partial charge in [-0.3, -0.25) is 0 Å². The number of hydrogen-bond acceptors (Lipinski definition) is 2. The van der Waals surface area contributed by atoms with Crippen molar-refractivity contribution in [2.24, 2.45) is 0 Å². The number of fused-ring (bicyclic) bond motifs is 1. The summed E-state index contributed by atoms with van der Waals surface area (Å²) in [6.07, 6.45) is 4.16. The maximum Gasteiger partial charge on any atom is 0.318 e. The summed E-state index contributed by atoms with van der Waals surface area (Å²) in [4.78, 5) is 14.2. The predicted molar refractivity (Wildman–Crippen MR) is 74.1 cm³/mol. The molecule has 1 aromatic rings. The van der Waals surface area contributed by atoms with Crippen molar-refractivity contribution >= 4 is 6.03 Å². The third-order valence-electron chi connectivity index (χ3n) is 3.57. The molecule has 5 heteroatoms. The van der Waals surface area contributed by atoms with E-state index < -0.39 is 0 Å². The number of amides is 2. The quantitative estimate of drug-likeness (QED) is 0.828. The largest absolute Gasteiger partial charge is 0.383 e. The van der Waals surface area contributed by atoms with Crippen molar-refractivity contribution in [2.45, 2.75) is 32.4 Å². The number of hydrogen-bond donors (Lipinski definition) is 1. The third-order valence-corrected chi connectivity index (χ3v) is 3.57. The smallest absolute Gasteiger partial charge is 0.318 e. The van der Waals surface area contributed by atoms with E-state index in [2.05, 4.69) is 35.1 Å². The number of carbonyl (C=O) groups excluding carboxylic acids is 1. The van der Waals surface area contributed by atoms with Crippen molar-refractivity contribution < 1.29 is 9.53 Å². The SMILES string of the molecule is CCC[C@@H]1c2cccn2CCN1C(=O)NCCOC. The maximum atomic E-state index is 12.2. The lowest BCUT2D eigenvalue weighted by atomic mass is 10.0. The van der Waals surface area contributed by atoms with Crippen LogP contribution >= 0.6 is 0 Å². The van der Waals surface area contributed by atoms with E-state index in [9.17, 15) is 4.79 Å². The fraction of sp³-hybridized carbons (Fsp3) is 0.643. The molecule has 0 spiro atoms. The number of rotatable bonds is 5. The zero-order valence-corrected chi connectivity index (χ0v) is 11.8. The fourth-order valence-electron chi connectivity index (χ4n) is 2.65. The lowest BCUT2D eigenvalue weighted by molar-refractivity contribution is 0.145. The minimum atomic E-state index is 0.0166. The second kappa shape index (κ2) is 6.61. The molecule has 0 saturated heterocycles. The second-order valence-electron chi connectivity index (χ2n) is 4.85. The molecule has 2 rings (SSSR count). The van der Waals surface area contributed by atoms with Crippen molar-refractivity contribution in [1.82, 2.24) is 14.8 Å². The molecule has 0 saturated carbocycles. The van der Waals surface area contributed by atoms with E-state index in [0.717, 1.165) is 25.9 Å². The maximum absolute atomic E-state index is 12.2. The average molecular weight is 265 g/mol. The van der Waals surface area contributed by atoms with E-state index in [1.807, 2.05) is 4.90 Å². The van der Waals surface area contributed by atoms with E-state index in [-0.39, 0.29) is 12.1 Å². The minimum absolute atomic E-state index is 0.0166. The highest BCUT2D eigenvalue weighted by Crippen LogP contribution is 2.29. The molecule has 0 bridgehead atoms. The van der Waals surface area contributed by atoms with Crippen molar-refractivity contribution in [1.29, 1.82) is 0 Å². The third kappa shape index (κ3) is 3.10. The first-order valence-electron chi connectivity index (χ1n) is 6.96. The Balaban J connectivity index is 2.05. The normalized spacial score (nSPS) is 18.2. The number of methoxy groups -OCH3 is 1. The highest BCUT2D eigenvalue weighted by atomic mass is 16.5. The van der Waals surface area contributed by atoms with Crippen LogP contribution in [0.3, 0.4) is 0 Å². The van der Waals surface area contributed by atoms with Gasteiger partial charge >= 0.3 is 6.03 Å². The minimum Gasteiger partial charge on any atom is -0.383 e. The van der Waals surface area contributed by atoms with Gasteiger partial charge in [0.1, 0.15) is 0 Å². The van der Waals surface area contributed by atoms with E-state index in [4.69, 9.17) is 4.74 Å². The second-order valence-corrected chi connectivity index (χ2v) is 4.85. The Morgan fingerprint density at radius 3 is 3.11 bits per heavy atom. The molecule has 1 N–H and O–H groups in total. The summed E-state index contributed by atoms with van der Waals surface area (Å²) in [5.41, 5.74) is 1.25. The molecule has 1 aliphatic heterocycles. The molecule has 2 heterocycles. The standard InChI is InChI=1S/C14H23N3O2/c1-3-5-13-12-6-4-8-16(12)9-10-17(13)14(18)15-7-11-19-2/h4,6,8,13H,3,5,7,9-11H2,1-2H3,(H,15,18)/t13-/m1/s1. The van der Waals surface area contributed by atoms with E-state index in [1.54, 1.807) is 7.11 Å². The summed E-state index contributed by atoms with van der Waals surface area (Å²) in [7, 11) is 1.64. The number of aromatic nitrogens is 1. The molecule has 19 heavy (non-hydrogen) atoms. The molecule has 5 nitrogen and oxygen atoms in total. The molecule has 0 aliphatic carbocycles. The molecule has 1 atom stereocenters. The highest BCUT2D eigenvalue weighted by molar-refractivity contribution is 5.74. The van der Waals surface area contributed by atoms with Crippen LogP contribution in [0.2, 0.25) is 0 Å². The van der Waals surface area contributed by atoms with Crippen molar-refractivity contribution in [3.63, 3.8) is 0 Å². The topological polar surface area (TPSA) is 46.5 Å². The van der Waals surface area contributed by atoms with Gasteiger partial charge in [0.05, 0.1) is 12.6 Å². The average Bonchev–Trinajstić information content (AvgIpc) is 2.88. The van der Waals surface area contributed by atoms with Crippen LogP contribution in [0.15, 0.2) is 18.3 Å². The number of carbonyl (C=O) groups is 1. The molecule has 106 valence electrons. The van der Waals surface area contributed by atoms with Gasteiger partial charge in [-0.2, -0.15) is 0 Å². The van der Waals surface area contributed by atoms with Crippen LogP contribution in [0.4, 0.5) is 4.79 Å². The number of ether oxygens (including phenoxy) is 1. The van der Waals surface area contributed by atoms with E-state index in [1.165, 1.54) is 5.69 Å². The van der Waals surface area contributed by atoms with Gasteiger partial charge < -0.3 is 19.5 Å². The lowest BCUT2D eigenvalue weighted by Crippen LogP contribution is -2.47. The lowest BCUT2D eigenvalue weighted by Gasteiger charge is -2.37. The van der Waals surface area contributed by atoms with Crippen LogP contribution in [0.5, 0.6) is 0 Å². The monoisotopic (exact) mass is 265 g/mol. The van der Waals surface area contributed by atoms with Crippen LogP contribution in [0.1, 0.15) is 31.5 Å². The van der Waals surface area contributed by atoms with E-state index in [0.29, 0.717) is 13.2 Å². The van der Waals surface area contributed by atoms with Gasteiger partial charge in [0.2, 0.25) is 0 Å². The summed E-state index contributed by atoms with van der Waals surface area (Å²) in [6, 6.07) is 4.39. The number of urea groups is 1. The molecule has 1 aromatic heterocycles. The summed E-state index contributed by atoms with van der Waals surface area (Å²) < 4.78 is 7.21. The Labute approximate surface area is 114 Å². The molecule has 0 radical (unpaired) electrons. The van der Waals surface area contributed by atoms with Gasteiger partial charge in [-0.25, -0.2) is 4.79 Å². The summed E-state index contributed by atoms with van der Waals surface area (Å²) in [5, 5.41) is 2.92. The summed E-state index contributed by atoms with van der Waals surface area (Å²) in [6.45, 7) is 4.91. The molecular weight excluding hydrogens is 242 g/mol. The Morgan fingerprint density at radius 2 is 2.37 bits per heavy atom. The molecule has 0 unspecified atom stereocenters. The molecular formula is C14H23N3O2. The van der Waals surface area contributed by atoms with Crippen LogP contribution in [0.25, 0.3) is 0 Å². The van der Waals surface area contributed by atoms with Crippen LogP contribution in [-0.4, -0.2) is 42.3 Å². The first-order valence-corrected chi connectivity index (χ1v) is 6.96. The Kier molecular flexibility index (Phi) is 4.85. The van der Waals surface area contributed by atoms with E-state index >= 15 is 0 Å². The molecule has 0 aromatic carbocycles. The van der Waals surface area contributed by atoms with Gasteiger partial charge in [0.25, 0.3) is 0 Å². The van der Waals surface area contributed by atoms with Gasteiger partial charge in [0.15, 0.2) is 0 Å². The Hall–Kier alpha value is -1.49. The van der Waals surface area contributed by atoms with Crippen LogP contribution in [0, 0.1) is 0 Å². The van der Waals surface area contributed by atoms with Crippen LogP contribution in [-0.2, 0) is 11.3 Å². The van der Waals surface area contributed by atoms with Gasteiger partial charge in [-0.1, -0.05) is 13.3 Å². The van der Waals surface area contributed by atoms with Gasteiger partial charge in [0, 0.05) is 38.6 Å². The van der Waals surface area contributed by atoms with Crippen molar-refractivity contribution in [3.8, 4) is 0 Å². The molecule has 0 fully saturated rings. The predicted octanol–water partition coefficient (Wildman–Crippen LogP) is 2.00. The zero-order valence-electron chi connectivity index (χ0n) is 11.8.